The topological polar surface area (TPSA) is 38.3 Å². The molecule has 3 rings (SSSR count). The summed E-state index contributed by atoms with van der Waals surface area (Å²) in [5, 5.41) is 2.89. The first kappa shape index (κ1) is 19.6. The van der Waals surface area contributed by atoms with Crippen LogP contribution in [0.4, 0.5) is 18.9 Å². The van der Waals surface area contributed by atoms with Crippen LogP contribution in [0, 0.1) is 0 Å². The van der Waals surface area contributed by atoms with Crippen molar-refractivity contribution in [3.63, 3.8) is 0 Å². The van der Waals surface area contributed by atoms with Crippen molar-refractivity contribution in [2.75, 3.05) is 11.9 Å². The number of halogens is 3. The summed E-state index contributed by atoms with van der Waals surface area (Å²) in [6.45, 7) is -1.47. The number of hydrogen-bond acceptors (Lipinski definition) is 2. The van der Waals surface area contributed by atoms with Gasteiger partial charge in [-0.25, -0.2) is 0 Å². The van der Waals surface area contributed by atoms with Crippen LogP contribution in [-0.2, 0) is 11.3 Å². The number of ether oxygens (including phenoxy) is 1. The van der Waals surface area contributed by atoms with Crippen molar-refractivity contribution in [3.05, 3.63) is 90.0 Å². The molecule has 0 fully saturated rings. The second-order valence-corrected chi connectivity index (χ2v) is 6.17. The lowest BCUT2D eigenvalue weighted by atomic mass is 10.0. The molecule has 1 N–H and O–H groups in total. The second-order valence-electron chi connectivity index (χ2n) is 6.17. The number of benzene rings is 3. The Kier molecular flexibility index (Phi) is 6.11. The number of anilines is 1. The largest absolute Gasteiger partial charge is 0.411 e. The first-order chi connectivity index (χ1) is 13.4. The van der Waals surface area contributed by atoms with Crippen molar-refractivity contribution >= 4 is 11.6 Å². The molecule has 0 aromatic heterocycles. The van der Waals surface area contributed by atoms with Gasteiger partial charge in [-0.05, 0) is 29.3 Å². The summed E-state index contributed by atoms with van der Waals surface area (Å²) in [5.74, 6) is -0.300. The molecule has 0 saturated carbocycles. The quantitative estimate of drug-likeness (QED) is 0.592. The van der Waals surface area contributed by atoms with Gasteiger partial charge < -0.3 is 10.1 Å². The molecule has 0 aliphatic heterocycles. The third-order valence-corrected chi connectivity index (χ3v) is 4.01. The summed E-state index contributed by atoms with van der Waals surface area (Å²) in [4.78, 5) is 12.6. The number of carbonyl (C=O) groups excluding carboxylic acids is 1. The zero-order valence-electron chi connectivity index (χ0n) is 14.9. The minimum atomic E-state index is -4.36. The zero-order valence-corrected chi connectivity index (χ0v) is 14.9. The van der Waals surface area contributed by atoms with Gasteiger partial charge >= 0.3 is 6.18 Å². The maximum Gasteiger partial charge on any atom is 0.411 e. The Hall–Kier alpha value is -3.12. The Balaban J connectivity index is 1.67. The third kappa shape index (κ3) is 5.44. The van der Waals surface area contributed by atoms with Gasteiger partial charge in [0.1, 0.15) is 6.61 Å². The number of carbonyl (C=O) groups is 1. The molecular formula is C22H18F3NO2. The van der Waals surface area contributed by atoms with Gasteiger partial charge in [-0.2, -0.15) is 13.2 Å². The van der Waals surface area contributed by atoms with Gasteiger partial charge in [0.15, 0.2) is 0 Å². The Morgan fingerprint density at radius 2 is 1.50 bits per heavy atom. The van der Waals surface area contributed by atoms with Gasteiger partial charge in [0.25, 0.3) is 5.91 Å². The van der Waals surface area contributed by atoms with Crippen molar-refractivity contribution in [2.45, 2.75) is 12.8 Å². The van der Waals surface area contributed by atoms with Crippen molar-refractivity contribution in [1.29, 1.82) is 0 Å². The van der Waals surface area contributed by atoms with Crippen LogP contribution in [0.3, 0.4) is 0 Å². The number of hydrogen-bond donors (Lipinski definition) is 1. The molecule has 3 aromatic carbocycles. The van der Waals surface area contributed by atoms with Gasteiger partial charge in [-0.3, -0.25) is 4.79 Å². The Labute approximate surface area is 160 Å². The van der Waals surface area contributed by atoms with Crippen LogP contribution in [0.15, 0.2) is 78.9 Å². The van der Waals surface area contributed by atoms with Gasteiger partial charge in [0.2, 0.25) is 0 Å². The van der Waals surface area contributed by atoms with Crippen molar-refractivity contribution in [1.82, 2.24) is 0 Å². The molecule has 0 aliphatic carbocycles. The van der Waals surface area contributed by atoms with Gasteiger partial charge in [-0.1, -0.05) is 60.7 Å². The summed E-state index contributed by atoms with van der Waals surface area (Å²) in [6.07, 6.45) is -4.36. The number of nitrogens with one attached hydrogen (secondary N) is 1. The molecular weight excluding hydrogens is 367 g/mol. The zero-order chi connectivity index (χ0) is 20.0. The molecule has 144 valence electrons. The standard InChI is InChI=1S/C22H18F3NO2/c23-22(24,25)15-28-14-16-10-12-18(13-11-16)21(27)26-20-9-5-4-8-19(20)17-6-2-1-3-7-17/h1-13H,14-15H2,(H,26,27). The highest BCUT2D eigenvalue weighted by molar-refractivity contribution is 6.06. The molecule has 0 aliphatic rings. The normalized spacial score (nSPS) is 11.2. The highest BCUT2D eigenvalue weighted by Gasteiger charge is 2.27. The van der Waals surface area contributed by atoms with E-state index in [1.54, 1.807) is 24.3 Å². The highest BCUT2D eigenvalue weighted by Crippen LogP contribution is 2.28. The summed E-state index contributed by atoms with van der Waals surface area (Å²) < 4.78 is 41.0. The number of para-hydroxylation sites is 1. The predicted octanol–water partition coefficient (Wildman–Crippen LogP) is 5.68. The van der Waals surface area contributed by atoms with Crippen molar-refractivity contribution in [3.8, 4) is 11.1 Å². The van der Waals surface area contributed by atoms with Crippen LogP contribution in [0.2, 0.25) is 0 Å². The molecule has 0 atom stereocenters. The fourth-order valence-electron chi connectivity index (χ4n) is 2.69. The molecule has 0 radical (unpaired) electrons. The molecule has 1 amide bonds. The van der Waals surface area contributed by atoms with Crippen LogP contribution < -0.4 is 5.32 Å². The lowest BCUT2D eigenvalue weighted by Crippen LogP contribution is -2.16. The fourth-order valence-corrected chi connectivity index (χ4v) is 2.69. The molecule has 28 heavy (non-hydrogen) atoms. The van der Waals surface area contributed by atoms with Crippen LogP contribution in [0.1, 0.15) is 15.9 Å². The predicted molar refractivity (Wildman–Crippen MR) is 102 cm³/mol. The number of amides is 1. The van der Waals surface area contributed by atoms with E-state index < -0.39 is 12.8 Å². The lowest BCUT2D eigenvalue weighted by molar-refractivity contribution is -0.176. The monoisotopic (exact) mass is 385 g/mol. The minimum absolute atomic E-state index is 0.168. The molecule has 3 nitrogen and oxygen atoms in total. The van der Waals surface area contributed by atoms with E-state index in [0.717, 1.165) is 11.1 Å². The third-order valence-electron chi connectivity index (χ3n) is 4.01. The molecule has 0 heterocycles. The van der Waals surface area contributed by atoms with Crippen LogP contribution in [0.25, 0.3) is 11.1 Å². The van der Waals surface area contributed by atoms with Crippen molar-refractivity contribution < 1.29 is 22.7 Å². The summed E-state index contributed by atoms with van der Waals surface area (Å²) in [7, 11) is 0. The second kappa shape index (κ2) is 8.71. The summed E-state index contributed by atoms with van der Waals surface area (Å²) in [5.41, 5.74) is 3.52. The summed E-state index contributed by atoms with van der Waals surface area (Å²) in [6, 6.07) is 23.4. The van der Waals surface area contributed by atoms with Crippen LogP contribution in [0.5, 0.6) is 0 Å². The van der Waals surface area contributed by atoms with E-state index in [1.165, 1.54) is 0 Å². The Morgan fingerprint density at radius 3 is 2.18 bits per heavy atom. The molecule has 6 heteroatoms. The molecule has 0 saturated heterocycles. The van der Waals surface area contributed by atoms with E-state index >= 15 is 0 Å². The van der Waals surface area contributed by atoms with Gasteiger partial charge in [-0.15, -0.1) is 0 Å². The maximum absolute atomic E-state index is 12.6. The van der Waals surface area contributed by atoms with Crippen LogP contribution >= 0.6 is 0 Å². The highest BCUT2D eigenvalue weighted by atomic mass is 19.4. The Morgan fingerprint density at radius 1 is 0.857 bits per heavy atom. The van der Waals surface area contributed by atoms with Gasteiger partial charge in [0, 0.05) is 16.8 Å². The fraction of sp³-hybridized carbons (Fsp3) is 0.136. The minimum Gasteiger partial charge on any atom is -0.367 e. The van der Waals surface area contributed by atoms with Crippen molar-refractivity contribution in [2.24, 2.45) is 0 Å². The average molecular weight is 385 g/mol. The summed E-state index contributed by atoms with van der Waals surface area (Å²) >= 11 is 0. The van der Waals surface area contributed by atoms with E-state index in [-0.39, 0.29) is 12.5 Å². The lowest BCUT2D eigenvalue weighted by Gasteiger charge is -2.12. The van der Waals surface area contributed by atoms with Gasteiger partial charge in [0.05, 0.1) is 6.61 Å². The molecule has 0 unspecified atom stereocenters. The first-order valence-electron chi connectivity index (χ1n) is 8.61. The SMILES string of the molecule is O=C(Nc1ccccc1-c1ccccc1)c1ccc(COCC(F)(F)F)cc1. The molecule has 0 spiro atoms. The number of rotatable bonds is 6. The number of alkyl halides is 3. The molecule has 0 bridgehead atoms. The van der Waals surface area contributed by atoms with Crippen LogP contribution in [-0.4, -0.2) is 18.7 Å². The van der Waals surface area contributed by atoms with E-state index in [1.807, 2.05) is 54.6 Å². The maximum atomic E-state index is 12.6. The smallest absolute Gasteiger partial charge is 0.367 e. The first-order valence-corrected chi connectivity index (χ1v) is 8.61. The average Bonchev–Trinajstić information content (AvgIpc) is 2.68. The Bertz CT molecular complexity index is 923. The molecule has 3 aromatic rings. The van der Waals surface area contributed by atoms with E-state index in [4.69, 9.17) is 0 Å². The van der Waals surface area contributed by atoms with E-state index in [0.29, 0.717) is 16.8 Å². The van der Waals surface area contributed by atoms with E-state index in [9.17, 15) is 18.0 Å². The van der Waals surface area contributed by atoms with E-state index in [2.05, 4.69) is 10.1 Å².